The van der Waals surface area contributed by atoms with Crippen molar-refractivity contribution in [3.05, 3.63) is 0 Å². The molecule has 0 unspecified atom stereocenters. The number of carboxylic acids is 1. The number of aliphatic carboxylic acids is 1. The molecule has 3 N–H and O–H groups in total. The summed E-state index contributed by atoms with van der Waals surface area (Å²) in [5.41, 5.74) is 0. The van der Waals surface area contributed by atoms with Crippen LogP contribution in [0, 0.1) is 0 Å². The van der Waals surface area contributed by atoms with Gasteiger partial charge in [-0.25, -0.2) is 4.79 Å². The summed E-state index contributed by atoms with van der Waals surface area (Å²) >= 11 is 0. The molecule has 1 aliphatic rings. The number of aliphatic hydroxyl groups excluding tert-OH is 2. The summed E-state index contributed by atoms with van der Waals surface area (Å²) < 4.78 is 14.4. The average molecular weight is 222 g/mol. The molecular formula is C8H14O7. The van der Waals surface area contributed by atoms with Crippen molar-refractivity contribution in [2.24, 2.45) is 0 Å². The minimum Gasteiger partial charge on any atom is -0.479 e. The Kier molecular flexibility index (Phi) is 4.00. The smallest absolute Gasteiger partial charge is 0.335 e. The van der Waals surface area contributed by atoms with Gasteiger partial charge in [0.2, 0.25) is 0 Å². The van der Waals surface area contributed by atoms with Gasteiger partial charge in [-0.1, -0.05) is 0 Å². The van der Waals surface area contributed by atoms with Gasteiger partial charge in [0.25, 0.3) is 0 Å². The van der Waals surface area contributed by atoms with E-state index in [1.165, 1.54) is 14.2 Å². The van der Waals surface area contributed by atoms with Crippen molar-refractivity contribution < 1.29 is 34.3 Å². The number of rotatable bonds is 3. The van der Waals surface area contributed by atoms with Crippen molar-refractivity contribution in [3.8, 4) is 0 Å². The van der Waals surface area contributed by atoms with E-state index in [0.717, 1.165) is 0 Å². The van der Waals surface area contributed by atoms with Crippen LogP contribution in [0.15, 0.2) is 0 Å². The van der Waals surface area contributed by atoms with Gasteiger partial charge in [-0.15, -0.1) is 0 Å². The van der Waals surface area contributed by atoms with Crippen LogP contribution in [0.3, 0.4) is 0 Å². The fourth-order valence-corrected chi connectivity index (χ4v) is 1.57. The molecule has 0 radical (unpaired) electrons. The lowest BCUT2D eigenvalue weighted by Gasteiger charge is -2.39. The summed E-state index contributed by atoms with van der Waals surface area (Å²) in [5.74, 6) is -1.36. The van der Waals surface area contributed by atoms with Crippen molar-refractivity contribution in [1.29, 1.82) is 0 Å². The topological polar surface area (TPSA) is 105 Å². The van der Waals surface area contributed by atoms with Gasteiger partial charge in [0.1, 0.15) is 18.3 Å². The first kappa shape index (κ1) is 12.3. The van der Waals surface area contributed by atoms with Crippen LogP contribution < -0.4 is 0 Å². The van der Waals surface area contributed by atoms with Gasteiger partial charge in [0, 0.05) is 14.2 Å². The molecule has 5 atom stereocenters. The Morgan fingerprint density at radius 1 is 1.20 bits per heavy atom. The van der Waals surface area contributed by atoms with Crippen LogP contribution in [0.1, 0.15) is 0 Å². The predicted molar refractivity (Wildman–Crippen MR) is 46.1 cm³/mol. The van der Waals surface area contributed by atoms with Crippen LogP contribution in [-0.2, 0) is 19.0 Å². The van der Waals surface area contributed by atoms with E-state index in [1.807, 2.05) is 0 Å². The number of methoxy groups -OCH3 is 2. The van der Waals surface area contributed by atoms with Crippen molar-refractivity contribution >= 4 is 5.97 Å². The Balaban J connectivity index is 2.84. The molecule has 1 rings (SSSR count). The van der Waals surface area contributed by atoms with Crippen LogP contribution in [0.25, 0.3) is 0 Å². The van der Waals surface area contributed by atoms with E-state index in [4.69, 9.17) is 19.3 Å². The summed E-state index contributed by atoms with van der Waals surface area (Å²) in [6.45, 7) is 0. The molecule has 88 valence electrons. The zero-order valence-corrected chi connectivity index (χ0v) is 8.36. The van der Waals surface area contributed by atoms with Crippen molar-refractivity contribution in [1.82, 2.24) is 0 Å². The molecule has 1 aliphatic heterocycles. The maximum atomic E-state index is 10.7. The predicted octanol–water partition coefficient (Wildman–Crippen LogP) is -1.82. The van der Waals surface area contributed by atoms with Gasteiger partial charge in [0.15, 0.2) is 12.4 Å². The van der Waals surface area contributed by atoms with Gasteiger partial charge in [-0.3, -0.25) is 0 Å². The fraction of sp³-hybridized carbons (Fsp3) is 0.875. The summed E-state index contributed by atoms with van der Waals surface area (Å²) in [6, 6.07) is 0. The van der Waals surface area contributed by atoms with E-state index in [2.05, 4.69) is 0 Å². The molecule has 0 aromatic carbocycles. The van der Waals surface area contributed by atoms with E-state index in [-0.39, 0.29) is 0 Å². The van der Waals surface area contributed by atoms with E-state index in [0.29, 0.717) is 0 Å². The first-order valence-corrected chi connectivity index (χ1v) is 4.33. The number of ether oxygens (including phenoxy) is 3. The standard InChI is InChI=1S/C8H14O7/c1-13-4-3(9)5(7(10)11)15-8(12)6(4)14-2/h3-6,8-9,12H,1-2H3,(H,10,11)/t3-,4-,5-,6+,8+/m0/s1. The molecule has 1 fully saturated rings. The molecule has 7 heteroatoms. The Morgan fingerprint density at radius 2 is 1.73 bits per heavy atom. The van der Waals surface area contributed by atoms with Crippen molar-refractivity contribution in [2.75, 3.05) is 14.2 Å². The van der Waals surface area contributed by atoms with E-state index < -0.39 is 36.7 Å². The Labute approximate surface area is 86.2 Å². The highest BCUT2D eigenvalue weighted by atomic mass is 16.7. The SMILES string of the molecule is CO[C@@H]1[C@@H](OC)[C@H](O)[C@@H](C(=O)O)O[C@H]1O. The van der Waals surface area contributed by atoms with Crippen LogP contribution in [0.5, 0.6) is 0 Å². The third kappa shape index (κ3) is 2.27. The van der Waals surface area contributed by atoms with E-state index >= 15 is 0 Å². The lowest BCUT2D eigenvalue weighted by atomic mass is 9.98. The lowest BCUT2D eigenvalue weighted by molar-refractivity contribution is -0.288. The van der Waals surface area contributed by atoms with Gasteiger partial charge in [-0.2, -0.15) is 0 Å². The quantitative estimate of drug-likeness (QED) is 0.516. The minimum absolute atomic E-state index is 0.916. The largest absolute Gasteiger partial charge is 0.479 e. The van der Waals surface area contributed by atoms with Crippen molar-refractivity contribution in [2.45, 2.75) is 30.7 Å². The second kappa shape index (κ2) is 4.86. The number of carboxylic acid groups (broad SMARTS) is 1. The molecule has 0 aromatic heterocycles. The Hall–Kier alpha value is -0.730. The summed E-state index contributed by atoms with van der Waals surface area (Å²) in [7, 11) is 2.59. The number of hydrogen-bond acceptors (Lipinski definition) is 6. The third-order valence-electron chi connectivity index (χ3n) is 2.33. The third-order valence-corrected chi connectivity index (χ3v) is 2.33. The Morgan fingerprint density at radius 3 is 2.13 bits per heavy atom. The molecule has 0 spiro atoms. The molecule has 1 saturated heterocycles. The van der Waals surface area contributed by atoms with Crippen molar-refractivity contribution in [3.63, 3.8) is 0 Å². The molecule has 0 bridgehead atoms. The second-order valence-electron chi connectivity index (χ2n) is 3.18. The normalized spacial score (nSPS) is 41.5. The zero-order valence-electron chi connectivity index (χ0n) is 8.36. The van der Waals surface area contributed by atoms with Gasteiger partial charge in [0.05, 0.1) is 0 Å². The molecule has 0 aliphatic carbocycles. The number of hydrogen-bond donors (Lipinski definition) is 3. The van der Waals surface area contributed by atoms with Crippen LogP contribution in [0.4, 0.5) is 0 Å². The highest BCUT2D eigenvalue weighted by Crippen LogP contribution is 2.23. The lowest BCUT2D eigenvalue weighted by Crippen LogP contribution is -2.60. The number of aliphatic hydroxyl groups is 2. The average Bonchev–Trinajstić information content (AvgIpc) is 2.19. The van der Waals surface area contributed by atoms with Crippen LogP contribution in [-0.4, -0.2) is 66.2 Å². The molecule has 0 saturated carbocycles. The molecule has 0 amide bonds. The molecule has 7 nitrogen and oxygen atoms in total. The van der Waals surface area contributed by atoms with E-state index in [1.54, 1.807) is 0 Å². The van der Waals surface area contributed by atoms with Gasteiger partial charge >= 0.3 is 5.97 Å². The molecule has 1 heterocycles. The summed E-state index contributed by atoms with van der Waals surface area (Å²) in [5, 5.41) is 27.7. The first-order chi connectivity index (χ1) is 7.02. The van der Waals surface area contributed by atoms with E-state index in [9.17, 15) is 15.0 Å². The molecule has 15 heavy (non-hydrogen) atoms. The highest BCUT2D eigenvalue weighted by Gasteiger charge is 2.48. The first-order valence-electron chi connectivity index (χ1n) is 4.33. The fourth-order valence-electron chi connectivity index (χ4n) is 1.57. The summed E-state index contributed by atoms with van der Waals surface area (Å²) in [6.07, 6.45) is -6.21. The number of carbonyl (C=O) groups is 1. The second-order valence-corrected chi connectivity index (χ2v) is 3.18. The van der Waals surface area contributed by atoms with Gasteiger partial charge in [-0.05, 0) is 0 Å². The molecule has 0 aromatic rings. The maximum Gasteiger partial charge on any atom is 0.335 e. The zero-order chi connectivity index (χ0) is 11.6. The minimum atomic E-state index is -1.52. The van der Waals surface area contributed by atoms with Crippen LogP contribution >= 0.6 is 0 Å². The maximum absolute atomic E-state index is 10.7. The van der Waals surface area contributed by atoms with Gasteiger partial charge < -0.3 is 29.5 Å². The Bertz CT molecular complexity index is 231. The summed E-state index contributed by atoms with van der Waals surface area (Å²) in [4.78, 5) is 10.7. The van der Waals surface area contributed by atoms with Crippen LogP contribution in [0.2, 0.25) is 0 Å². The molecular weight excluding hydrogens is 208 g/mol. The highest BCUT2D eigenvalue weighted by molar-refractivity contribution is 5.73. The monoisotopic (exact) mass is 222 g/mol.